The van der Waals surface area contributed by atoms with Gasteiger partial charge in [0.25, 0.3) is 0 Å². The van der Waals surface area contributed by atoms with Gasteiger partial charge in [-0.05, 0) is 53.5 Å². The second-order valence-electron chi connectivity index (χ2n) is 4.49. The number of rotatable bonds is 4. The van der Waals surface area contributed by atoms with Crippen molar-refractivity contribution in [3.63, 3.8) is 0 Å². The normalized spacial score (nSPS) is 12.7. The molecule has 0 bridgehead atoms. The van der Waals surface area contributed by atoms with Crippen LogP contribution in [0.4, 0.5) is 0 Å². The number of aryl methyl sites for hydroxylation is 2. The Hall–Kier alpha value is -0.840. The summed E-state index contributed by atoms with van der Waals surface area (Å²) in [7, 11) is 0. The summed E-state index contributed by atoms with van der Waals surface area (Å²) in [6, 6.07) is 7.49. The Morgan fingerprint density at radius 3 is 2.79 bits per heavy atom. The van der Waals surface area contributed by atoms with Crippen LogP contribution >= 0.6 is 27.5 Å². The fourth-order valence-electron chi connectivity index (χ4n) is 2.07. The lowest BCUT2D eigenvalue weighted by atomic mass is 10.0. The molecule has 0 aliphatic heterocycles. The van der Waals surface area contributed by atoms with Crippen molar-refractivity contribution in [2.24, 2.45) is 0 Å². The van der Waals surface area contributed by atoms with Crippen LogP contribution < -0.4 is 0 Å². The standard InChI is InChI=1S/C14H16BrClN2O/c1-3-18-11(6-9(2)17-18)8-14(19)10-4-5-13(16)12(15)7-10/h4-7,14,19H,3,8H2,1-2H3. The van der Waals surface area contributed by atoms with Crippen LogP contribution in [-0.2, 0) is 13.0 Å². The molecule has 3 nitrogen and oxygen atoms in total. The number of aromatic nitrogens is 2. The summed E-state index contributed by atoms with van der Waals surface area (Å²) in [5, 5.41) is 15.3. The summed E-state index contributed by atoms with van der Waals surface area (Å²) in [6.07, 6.45) is -0.0158. The lowest BCUT2D eigenvalue weighted by Crippen LogP contribution is -2.08. The number of aliphatic hydroxyl groups is 1. The molecule has 1 unspecified atom stereocenters. The number of nitrogens with zero attached hydrogens (tertiary/aromatic N) is 2. The van der Waals surface area contributed by atoms with Crippen LogP contribution in [0.1, 0.15) is 30.0 Å². The maximum atomic E-state index is 10.3. The Morgan fingerprint density at radius 2 is 2.16 bits per heavy atom. The van der Waals surface area contributed by atoms with Gasteiger partial charge in [0.1, 0.15) is 0 Å². The van der Waals surface area contributed by atoms with E-state index in [1.807, 2.05) is 36.7 Å². The molecule has 0 saturated heterocycles. The van der Waals surface area contributed by atoms with Crippen LogP contribution in [0.25, 0.3) is 0 Å². The second-order valence-corrected chi connectivity index (χ2v) is 5.75. The molecule has 19 heavy (non-hydrogen) atoms. The number of hydrogen-bond donors (Lipinski definition) is 1. The van der Waals surface area contributed by atoms with Crippen LogP contribution in [0.15, 0.2) is 28.7 Å². The molecular formula is C14H16BrClN2O. The number of benzene rings is 1. The van der Waals surface area contributed by atoms with Crippen LogP contribution in [0.3, 0.4) is 0 Å². The van der Waals surface area contributed by atoms with Gasteiger partial charge >= 0.3 is 0 Å². The summed E-state index contributed by atoms with van der Waals surface area (Å²) >= 11 is 9.33. The van der Waals surface area contributed by atoms with E-state index >= 15 is 0 Å². The monoisotopic (exact) mass is 342 g/mol. The molecule has 2 rings (SSSR count). The van der Waals surface area contributed by atoms with E-state index in [2.05, 4.69) is 21.0 Å². The number of halogens is 2. The average Bonchev–Trinajstić information content (AvgIpc) is 2.72. The maximum absolute atomic E-state index is 10.3. The first-order chi connectivity index (χ1) is 9.01. The predicted molar refractivity (Wildman–Crippen MR) is 80.5 cm³/mol. The van der Waals surface area contributed by atoms with Crippen molar-refractivity contribution >= 4 is 27.5 Å². The lowest BCUT2D eigenvalue weighted by molar-refractivity contribution is 0.175. The van der Waals surface area contributed by atoms with Crippen LogP contribution in [0.2, 0.25) is 5.02 Å². The molecule has 1 heterocycles. The molecule has 1 N–H and O–H groups in total. The molecular weight excluding hydrogens is 328 g/mol. The van der Waals surface area contributed by atoms with Gasteiger partial charge in [-0.15, -0.1) is 0 Å². The topological polar surface area (TPSA) is 38.0 Å². The van der Waals surface area contributed by atoms with E-state index in [1.54, 1.807) is 6.07 Å². The van der Waals surface area contributed by atoms with Crippen molar-refractivity contribution in [3.8, 4) is 0 Å². The third-order valence-electron chi connectivity index (χ3n) is 3.02. The second kappa shape index (κ2) is 6.07. The van der Waals surface area contributed by atoms with Gasteiger partial charge in [0.05, 0.1) is 16.8 Å². The molecule has 0 spiro atoms. The van der Waals surface area contributed by atoms with Gasteiger partial charge in [-0.3, -0.25) is 4.68 Å². The minimum absolute atomic E-state index is 0.544. The van der Waals surface area contributed by atoms with E-state index in [0.29, 0.717) is 11.4 Å². The molecule has 0 aliphatic carbocycles. The number of aliphatic hydroxyl groups excluding tert-OH is 1. The number of hydrogen-bond acceptors (Lipinski definition) is 2. The molecule has 1 aromatic carbocycles. The molecule has 0 fully saturated rings. The van der Waals surface area contributed by atoms with Crippen molar-refractivity contribution in [1.29, 1.82) is 0 Å². The first-order valence-corrected chi connectivity index (χ1v) is 7.34. The SMILES string of the molecule is CCn1nc(C)cc1CC(O)c1ccc(Cl)c(Br)c1. The van der Waals surface area contributed by atoms with Crippen LogP contribution in [0.5, 0.6) is 0 Å². The van der Waals surface area contributed by atoms with Crippen molar-refractivity contribution < 1.29 is 5.11 Å². The Kier molecular flexibility index (Phi) is 4.66. The quantitative estimate of drug-likeness (QED) is 0.914. The van der Waals surface area contributed by atoms with Crippen molar-refractivity contribution in [3.05, 3.63) is 50.7 Å². The molecule has 1 atom stereocenters. The minimum atomic E-state index is -0.560. The maximum Gasteiger partial charge on any atom is 0.0845 e. The first-order valence-electron chi connectivity index (χ1n) is 6.17. The summed E-state index contributed by atoms with van der Waals surface area (Å²) < 4.78 is 2.72. The lowest BCUT2D eigenvalue weighted by Gasteiger charge is -2.12. The molecule has 0 saturated carbocycles. The third-order valence-corrected chi connectivity index (χ3v) is 4.23. The van der Waals surface area contributed by atoms with Crippen molar-refractivity contribution in [1.82, 2.24) is 9.78 Å². The van der Waals surface area contributed by atoms with Gasteiger partial charge < -0.3 is 5.11 Å². The zero-order chi connectivity index (χ0) is 14.0. The highest BCUT2D eigenvalue weighted by Gasteiger charge is 2.13. The van der Waals surface area contributed by atoms with Gasteiger partial charge in [-0.1, -0.05) is 17.7 Å². The van der Waals surface area contributed by atoms with Gasteiger partial charge in [-0.25, -0.2) is 0 Å². The van der Waals surface area contributed by atoms with Gasteiger partial charge in [0.15, 0.2) is 0 Å². The van der Waals surface area contributed by atoms with E-state index in [-0.39, 0.29) is 0 Å². The van der Waals surface area contributed by atoms with Crippen molar-refractivity contribution in [2.75, 3.05) is 0 Å². The van der Waals surface area contributed by atoms with Gasteiger partial charge in [0, 0.05) is 23.1 Å². The Bertz CT molecular complexity index is 583. The largest absolute Gasteiger partial charge is 0.388 e. The summed E-state index contributed by atoms with van der Waals surface area (Å²) in [5.41, 5.74) is 2.86. The Morgan fingerprint density at radius 1 is 1.42 bits per heavy atom. The minimum Gasteiger partial charge on any atom is -0.388 e. The average molecular weight is 344 g/mol. The molecule has 0 radical (unpaired) electrons. The van der Waals surface area contributed by atoms with Gasteiger partial charge in [-0.2, -0.15) is 5.10 Å². The Balaban J connectivity index is 2.20. The van der Waals surface area contributed by atoms with Crippen LogP contribution in [-0.4, -0.2) is 14.9 Å². The Labute approximate surface area is 126 Å². The first kappa shape index (κ1) is 14.6. The highest BCUT2D eigenvalue weighted by atomic mass is 79.9. The summed E-state index contributed by atoms with van der Waals surface area (Å²) in [4.78, 5) is 0. The van der Waals surface area contributed by atoms with E-state index < -0.39 is 6.10 Å². The van der Waals surface area contributed by atoms with E-state index in [9.17, 15) is 5.11 Å². The molecule has 102 valence electrons. The smallest absolute Gasteiger partial charge is 0.0845 e. The third kappa shape index (κ3) is 3.38. The highest BCUT2D eigenvalue weighted by molar-refractivity contribution is 9.10. The molecule has 0 aliphatic rings. The summed E-state index contributed by atoms with van der Waals surface area (Å²) in [6.45, 7) is 4.81. The van der Waals surface area contributed by atoms with E-state index in [1.165, 1.54) is 0 Å². The zero-order valence-corrected chi connectivity index (χ0v) is 13.2. The fourth-order valence-corrected chi connectivity index (χ4v) is 2.59. The zero-order valence-electron chi connectivity index (χ0n) is 10.9. The van der Waals surface area contributed by atoms with E-state index in [0.717, 1.165) is 28.0 Å². The van der Waals surface area contributed by atoms with Gasteiger partial charge in [0.2, 0.25) is 0 Å². The molecule has 0 amide bonds. The molecule has 1 aromatic heterocycles. The van der Waals surface area contributed by atoms with Crippen molar-refractivity contribution in [2.45, 2.75) is 32.9 Å². The fraction of sp³-hybridized carbons (Fsp3) is 0.357. The van der Waals surface area contributed by atoms with E-state index in [4.69, 9.17) is 11.6 Å². The molecule has 2 aromatic rings. The predicted octanol–water partition coefficient (Wildman–Crippen LogP) is 3.90. The van der Waals surface area contributed by atoms with Crippen LogP contribution in [0, 0.1) is 6.92 Å². The highest BCUT2D eigenvalue weighted by Crippen LogP contribution is 2.27. The summed E-state index contributed by atoms with van der Waals surface area (Å²) in [5.74, 6) is 0. The molecule has 5 heteroatoms.